The Morgan fingerprint density at radius 3 is 2.10 bits per heavy atom. The minimum atomic E-state index is 0.0417. The Kier molecular flexibility index (Phi) is 8.02. The van der Waals surface area contributed by atoms with Gasteiger partial charge in [0.25, 0.3) is 0 Å². The molecule has 2 fully saturated rings. The summed E-state index contributed by atoms with van der Waals surface area (Å²) in [4.78, 5) is 15.0. The van der Waals surface area contributed by atoms with Crippen LogP contribution in [0.5, 0.6) is 0 Å². The van der Waals surface area contributed by atoms with E-state index in [1.807, 2.05) is 31.9 Å². The van der Waals surface area contributed by atoms with Crippen molar-refractivity contribution in [1.82, 2.24) is 9.80 Å². The molecule has 2 aliphatic rings. The van der Waals surface area contributed by atoms with Crippen LogP contribution < -0.4 is 0 Å². The van der Waals surface area contributed by atoms with E-state index in [1.54, 1.807) is 7.11 Å². The molecule has 0 spiro atoms. The Labute approximate surface area is 133 Å². The van der Waals surface area contributed by atoms with Crippen molar-refractivity contribution in [3.05, 3.63) is 0 Å². The van der Waals surface area contributed by atoms with Gasteiger partial charge >= 0.3 is 0 Å². The Balaban J connectivity index is 0.000000315. The molecule has 2 atom stereocenters. The van der Waals surface area contributed by atoms with Crippen molar-refractivity contribution in [3.63, 3.8) is 0 Å². The summed E-state index contributed by atoms with van der Waals surface area (Å²) >= 11 is 1.43. The lowest BCUT2D eigenvalue weighted by molar-refractivity contribution is -0.117. The van der Waals surface area contributed by atoms with Crippen molar-refractivity contribution in [1.29, 1.82) is 0 Å². The van der Waals surface area contributed by atoms with Gasteiger partial charge in [0.2, 0.25) is 6.41 Å². The fraction of sp³-hybridized carbons (Fsp3) is 0.933. The van der Waals surface area contributed by atoms with Crippen LogP contribution in [-0.2, 0) is 13.7 Å². The summed E-state index contributed by atoms with van der Waals surface area (Å²) in [7, 11) is 1.71. The van der Waals surface area contributed by atoms with Gasteiger partial charge in [-0.25, -0.2) is 0 Å². The first kappa shape index (κ1) is 18.7. The van der Waals surface area contributed by atoms with Gasteiger partial charge in [-0.15, -0.1) is 0 Å². The van der Waals surface area contributed by atoms with Gasteiger partial charge in [-0.2, -0.15) is 0 Å². The monoisotopic (exact) mass is 318 g/mol. The van der Waals surface area contributed by atoms with E-state index in [0.29, 0.717) is 11.8 Å². The SMILES string of the molecule is COC(C)(C)C.CSOCCN1CC2CN(C=O)CC2C1. The molecule has 124 valence electrons. The zero-order valence-corrected chi connectivity index (χ0v) is 14.8. The molecule has 0 aromatic carbocycles. The number of fused-ring (bicyclic) bond motifs is 1. The van der Waals surface area contributed by atoms with Gasteiger partial charge in [0, 0.05) is 46.1 Å². The highest BCUT2D eigenvalue weighted by molar-refractivity contribution is 7.93. The quantitative estimate of drug-likeness (QED) is 0.439. The third-order valence-corrected chi connectivity index (χ3v) is 4.36. The van der Waals surface area contributed by atoms with Crippen molar-refractivity contribution < 1.29 is 13.7 Å². The molecule has 2 rings (SSSR count). The minimum absolute atomic E-state index is 0.0417. The second-order valence-corrected chi connectivity index (χ2v) is 7.21. The van der Waals surface area contributed by atoms with E-state index in [-0.39, 0.29) is 5.60 Å². The fourth-order valence-electron chi connectivity index (χ4n) is 2.64. The summed E-state index contributed by atoms with van der Waals surface area (Å²) in [5.41, 5.74) is 0.0417. The average Bonchev–Trinajstić information content (AvgIpc) is 2.96. The highest BCUT2D eigenvalue weighted by atomic mass is 32.2. The normalized spacial score (nSPS) is 25.5. The molecule has 0 aromatic rings. The van der Waals surface area contributed by atoms with E-state index in [4.69, 9.17) is 8.92 Å². The standard InChI is InChI=1S/C10H18N2O2S.C5H12O/c1-15-14-3-2-11-4-9-6-12(8-13)7-10(9)5-11;1-5(2,3)6-4/h8-10H,2-7H2,1H3;1-4H3. The number of rotatable bonds is 5. The molecular weight excluding hydrogens is 288 g/mol. The van der Waals surface area contributed by atoms with Crippen LogP contribution in [0.4, 0.5) is 0 Å². The molecule has 0 aliphatic carbocycles. The number of hydrogen-bond acceptors (Lipinski definition) is 5. The molecule has 0 saturated carbocycles. The molecule has 6 heteroatoms. The van der Waals surface area contributed by atoms with E-state index in [9.17, 15) is 4.79 Å². The molecule has 0 radical (unpaired) electrons. The van der Waals surface area contributed by atoms with Gasteiger partial charge < -0.3 is 18.7 Å². The van der Waals surface area contributed by atoms with Crippen molar-refractivity contribution in [2.75, 3.05) is 52.7 Å². The largest absolute Gasteiger partial charge is 0.379 e. The summed E-state index contributed by atoms with van der Waals surface area (Å²) < 4.78 is 10.2. The van der Waals surface area contributed by atoms with Crippen LogP contribution in [0, 0.1) is 11.8 Å². The molecule has 0 bridgehead atoms. The predicted octanol–water partition coefficient (Wildman–Crippen LogP) is 1.73. The van der Waals surface area contributed by atoms with Gasteiger partial charge in [-0.3, -0.25) is 4.79 Å². The van der Waals surface area contributed by atoms with E-state index in [1.165, 1.54) is 12.0 Å². The number of carbonyl (C=O) groups is 1. The van der Waals surface area contributed by atoms with E-state index < -0.39 is 0 Å². The average molecular weight is 318 g/mol. The van der Waals surface area contributed by atoms with E-state index in [2.05, 4.69) is 4.90 Å². The molecular formula is C15H30N2O3S. The zero-order valence-electron chi connectivity index (χ0n) is 14.0. The lowest BCUT2D eigenvalue weighted by Gasteiger charge is -2.18. The van der Waals surface area contributed by atoms with Gasteiger partial charge in [0.15, 0.2) is 0 Å². The molecule has 0 N–H and O–H groups in total. The van der Waals surface area contributed by atoms with Gasteiger partial charge in [-0.05, 0) is 44.6 Å². The van der Waals surface area contributed by atoms with Crippen molar-refractivity contribution in [3.8, 4) is 0 Å². The molecule has 2 aliphatic heterocycles. The third kappa shape index (κ3) is 7.00. The van der Waals surface area contributed by atoms with Crippen molar-refractivity contribution in [2.24, 2.45) is 11.8 Å². The number of hydrogen-bond donors (Lipinski definition) is 0. The second kappa shape index (κ2) is 8.98. The van der Waals surface area contributed by atoms with Crippen LogP contribution in [-0.4, -0.2) is 74.5 Å². The number of methoxy groups -OCH3 is 1. The van der Waals surface area contributed by atoms with Crippen LogP contribution in [0.15, 0.2) is 0 Å². The van der Waals surface area contributed by atoms with Gasteiger partial charge in [0.05, 0.1) is 12.2 Å². The number of carbonyl (C=O) groups excluding carboxylic acids is 1. The van der Waals surface area contributed by atoms with Crippen molar-refractivity contribution >= 4 is 18.5 Å². The predicted molar refractivity (Wildman–Crippen MR) is 87.3 cm³/mol. The maximum Gasteiger partial charge on any atom is 0.209 e. The van der Waals surface area contributed by atoms with Crippen LogP contribution in [0.1, 0.15) is 20.8 Å². The third-order valence-electron chi connectivity index (χ3n) is 3.96. The number of ether oxygens (including phenoxy) is 1. The first-order valence-corrected chi connectivity index (χ1v) is 8.67. The Morgan fingerprint density at radius 2 is 1.71 bits per heavy atom. The highest BCUT2D eigenvalue weighted by Crippen LogP contribution is 2.29. The molecule has 2 unspecified atom stereocenters. The highest BCUT2D eigenvalue weighted by Gasteiger charge is 2.39. The lowest BCUT2D eigenvalue weighted by atomic mass is 10.0. The summed E-state index contributed by atoms with van der Waals surface area (Å²) in [6, 6.07) is 0. The van der Waals surface area contributed by atoms with Gasteiger partial charge in [-0.1, -0.05) is 0 Å². The molecule has 0 aromatic heterocycles. The Morgan fingerprint density at radius 1 is 1.19 bits per heavy atom. The molecule has 5 nitrogen and oxygen atoms in total. The van der Waals surface area contributed by atoms with Crippen LogP contribution in [0.25, 0.3) is 0 Å². The van der Waals surface area contributed by atoms with Crippen LogP contribution in [0.3, 0.4) is 0 Å². The number of amides is 1. The summed E-state index contributed by atoms with van der Waals surface area (Å²) in [6.45, 7) is 12.1. The maximum absolute atomic E-state index is 10.6. The number of likely N-dealkylation sites (tertiary alicyclic amines) is 2. The molecule has 21 heavy (non-hydrogen) atoms. The van der Waals surface area contributed by atoms with Crippen molar-refractivity contribution in [2.45, 2.75) is 26.4 Å². The smallest absolute Gasteiger partial charge is 0.209 e. The summed E-state index contributed by atoms with van der Waals surface area (Å²) in [5, 5.41) is 0. The maximum atomic E-state index is 10.6. The second-order valence-electron chi connectivity index (χ2n) is 6.64. The topological polar surface area (TPSA) is 42.0 Å². The minimum Gasteiger partial charge on any atom is -0.379 e. The molecule has 2 saturated heterocycles. The lowest BCUT2D eigenvalue weighted by Crippen LogP contribution is -2.30. The Hall–Kier alpha value is -0.300. The van der Waals surface area contributed by atoms with Crippen LogP contribution in [0.2, 0.25) is 0 Å². The van der Waals surface area contributed by atoms with Crippen LogP contribution >= 0.6 is 12.0 Å². The summed E-state index contributed by atoms with van der Waals surface area (Å²) in [5.74, 6) is 1.40. The first-order chi connectivity index (χ1) is 9.89. The summed E-state index contributed by atoms with van der Waals surface area (Å²) in [6.07, 6.45) is 2.93. The zero-order chi connectivity index (χ0) is 15.9. The fourth-order valence-corrected chi connectivity index (χ4v) is 2.89. The van der Waals surface area contributed by atoms with E-state index in [0.717, 1.165) is 45.7 Å². The van der Waals surface area contributed by atoms with Gasteiger partial charge in [0.1, 0.15) is 0 Å². The molecule has 2 heterocycles. The van der Waals surface area contributed by atoms with E-state index >= 15 is 0 Å². The first-order valence-electron chi connectivity index (χ1n) is 7.52. The molecule has 1 amide bonds. The Bertz CT molecular complexity index is 296. The number of nitrogens with zero attached hydrogens (tertiary/aromatic N) is 2.